The Morgan fingerprint density at radius 1 is 1.03 bits per heavy atom. The third-order valence-electron chi connectivity index (χ3n) is 7.57. The molecule has 34 heavy (non-hydrogen) atoms. The van der Waals surface area contributed by atoms with Crippen molar-refractivity contribution in [2.24, 2.45) is 5.92 Å². The van der Waals surface area contributed by atoms with Gasteiger partial charge in [0.05, 0.1) is 17.7 Å². The average molecular weight is 464 g/mol. The van der Waals surface area contributed by atoms with E-state index in [0.717, 1.165) is 75.0 Å². The third kappa shape index (κ3) is 4.89. The number of carbonyl (C=O) groups excluding carboxylic acids is 1. The van der Waals surface area contributed by atoms with E-state index >= 15 is 0 Å². The number of carbonyl (C=O) groups is 1. The quantitative estimate of drug-likeness (QED) is 0.507. The summed E-state index contributed by atoms with van der Waals surface area (Å²) < 4.78 is 20.6. The number of methoxy groups -OCH3 is 1. The van der Waals surface area contributed by atoms with Crippen LogP contribution in [-0.4, -0.2) is 66.7 Å². The van der Waals surface area contributed by atoms with Crippen molar-refractivity contribution in [3.05, 3.63) is 71.7 Å². The fourth-order valence-electron chi connectivity index (χ4n) is 5.70. The predicted octanol–water partition coefficient (Wildman–Crippen LogP) is 4.77. The number of rotatable bonds is 7. The lowest BCUT2D eigenvalue weighted by Crippen LogP contribution is -2.38. The molecule has 1 atom stereocenters. The fraction of sp³-hybridized carbons (Fsp3) is 0.464. The maximum Gasteiger partial charge on any atom is 0.256 e. The number of nitrogens with zero attached hydrogens (tertiary/aromatic N) is 3. The molecule has 0 saturated carbocycles. The number of likely N-dealkylation sites (tertiary alicyclic amines) is 2. The van der Waals surface area contributed by atoms with Crippen molar-refractivity contribution in [3.8, 4) is 0 Å². The van der Waals surface area contributed by atoms with E-state index in [1.807, 2.05) is 35.4 Å². The van der Waals surface area contributed by atoms with Crippen LogP contribution in [-0.2, 0) is 11.3 Å². The summed E-state index contributed by atoms with van der Waals surface area (Å²) in [5.74, 6) is 1.01. The third-order valence-corrected chi connectivity index (χ3v) is 7.57. The highest BCUT2D eigenvalue weighted by Gasteiger charge is 2.30. The van der Waals surface area contributed by atoms with Gasteiger partial charge in [-0.25, -0.2) is 4.39 Å². The Bertz CT molecular complexity index is 1120. The van der Waals surface area contributed by atoms with E-state index in [-0.39, 0.29) is 11.7 Å². The molecule has 0 bridgehead atoms. The topological polar surface area (TPSA) is 37.7 Å². The number of ether oxygens (including phenoxy) is 1. The zero-order valence-corrected chi connectivity index (χ0v) is 20.0. The molecule has 0 aliphatic carbocycles. The monoisotopic (exact) mass is 463 g/mol. The van der Waals surface area contributed by atoms with E-state index in [2.05, 4.69) is 21.6 Å². The highest BCUT2D eigenvalue weighted by atomic mass is 19.1. The van der Waals surface area contributed by atoms with Crippen LogP contribution < -0.4 is 0 Å². The lowest BCUT2D eigenvalue weighted by atomic mass is 9.89. The number of fused-ring (bicyclic) bond motifs is 1. The maximum absolute atomic E-state index is 13.5. The van der Waals surface area contributed by atoms with E-state index in [4.69, 9.17) is 4.74 Å². The fourth-order valence-corrected chi connectivity index (χ4v) is 5.70. The van der Waals surface area contributed by atoms with Gasteiger partial charge in [0.2, 0.25) is 0 Å². The second kappa shape index (κ2) is 10.3. The summed E-state index contributed by atoms with van der Waals surface area (Å²) in [6.45, 7) is 6.19. The van der Waals surface area contributed by atoms with Crippen molar-refractivity contribution in [2.45, 2.75) is 31.7 Å². The Kier molecular flexibility index (Phi) is 6.97. The predicted molar refractivity (Wildman–Crippen MR) is 133 cm³/mol. The highest BCUT2D eigenvalue weighted by molar-refractivity contribution is 6.06. The van der Waals surface area contributed by atoms with Crippen LogP contribution in [0.1, 0.15) is 41.1 Å². The van der Waals surface area contributed by atoms with E-state index in [9.17, 15) is 9.18 Å². The molecule has 3 heterocycles. The Hall–Kier alpha value is -2.70. The Labute approximate surface area is 201 Å². The lowest BCUT2D eigenvalue weighted by molar-refractivity contribution is 0.0783. The van der Waals surface area contributed by atoms with Crippen molar-refractivity contribution in [1.82, 2.24) is 14.4 Å². The van der Waals surface area contributed by atoms with Gasteiger partial charge in [-0.2, -0.15) is 0 Å². The van der Waals surface area contributed by atoms with Gasteiger partial charge in [0.15, 0.2) is 0 Å². The summed E-state index contributed by atoms with van der Waals surface area (Å²) in [4.78, 5) is 18.1. The Balaban J connectivity index is 1.18. The summed E-state index contributed by atoms with van der Waals surface area (Å²) in [5, 5.41) is 1.10. The van der Waals surface area contributed by atoms with Gasteiger partial charge in [0.25, 0.3) is 5.91 Å². The molecule has 2 aliphatic heterocycles. The molecule has 0 N–H and O–H groups in total. The molecular formula is C28H34FN3O2. The molecule has 0 unspecified atom stereocenters. The molecule has 2 fully saturated rings. The summed E-state index contributed by atoms with van der Waals surface area (Å²) in [6.07, 6.45) is 5.33. The number of benzene rings is 2. The van der Waals surface area contributed by atoms with Crippen LogP contribution in [0, 0.1) is 11.7 Å². The number of piperidine rings is 1. The molecule has 5 nitrogen and oxygen atoms in total. The van der Waals surface area contributed by atoms with Gasteiger partial charge in [0.1, 0.15) is 5.82 Å². The number of aromatic nitrogens is 1. The zero-order chi connectivity index (χ0) is 23.5. The van der Waals surface area contributed by atoms with Gasteiger partial charge in [-0.3, -0.25) is 4.79 Å². The molecule has 1 amide bonds. The second-order valence-corrected chi connectivity index (χ2v) is 9.78. The van der Waals surface area contributed by atoms with Crippen molar-refractivity contribution < 1.29 is 13.9 Å². The molecule has 2 saturated heterocycles. The van der Waals surface area contributed by atoms with E-state index in [0.29, 0.717) is 18.4 Å². The average Bonchev–Trinajstić information content (AvgIpc) is 3.50. The molecule has 2 aliphatic rings. The van der Waals surface area contributed by atoms with Gasteiger partial charge in [-0.05, 0) is 74.0 Å². The van der Waals surface area contributed by atoms with Crippen LogP contribution in [0.25, 0.3) is 10.9 Å². The zero-order valence-electron chi connectivity index (χ0n) is 20.0. The minimum Gasteiger partial charge on any atom is -0.383 e. The Morgan fingerprint density at radius 3 is 2.59 bits per heavy atom. The smallest absolute Gasteiger partial charge is 0.256 e. The molecule has 180 valence electrons. The first-order valence-corrected chi connectivity index (χ1v) is 12.5. The van der Waals surface area contributed by atoms with Crippen LogP contribution in [0.5, 0.6) is 0 Å². The molecule has 0 spiro atoms. The summed E-state index contributed by atoms with van der Waals surface area (Å²) in [7, 11) is 1.70. The van der Waals surface area contributed by atoms with Crippen LogP contribution in [0.3, 0.4) is 0 Å². The van der Waals surface area contributed by atoms with Gasteiger partial charge < -0.3 is 19.1 Å². The SMILES string of the molecule is COCCn1ccc2cccc(C(=O)N3CC[C@H](CN4CCC(c5ccc(F)cc5)CC4)C3)c21. The largest absolute Gasteiger partial charge is 0.383 e. The molecule has 6 heteroatoms. The van der Waals surface area contributed by atoms with Crippen molar-refractivity contribution in [2.75, 3.05) is 46.4 Å². The minimum atomic E-state index is -0.166. The Morgan fingerprint density at radius 2 is 1.82 bits per heavy atom. The summed E-state index contributed by atoms with van der Waals surface area (Å²) in [6, 6.07) is 15.1. The first kappa shape index (κ1) is 23.1. The number of halogens is 1. The van der Waals surface area contributed by atoms with E-state index in [1.54, 1.807) is 19.2 Å². The molecule has 2 aromatic carbocycles. The van der Waals surface area contributed by atoms with Crippen molar-refractivity contribution >= 4 is 16.8 Å². The van der Waals surface area contributed by atoms with Gasteiger partial charge in [0, 0.05) is 44.9 Å². The maximum atomic E-state index is 13.5. The standard InChI is InChI=1S/C28H34FN3O2/c1-34-18-17-31-16-12-24-3-2-4-26(27(24)31)28(33)32-15-9-21(20-32)19-30-13-10-23(11-14-30)22-5-7-25(29)8-6-22/h2-8,12,16,21,23H,9-11,13-15,17-20H2,1H3/t21-/m1/s1. The summed E-state index contributed by atoms with van der Waals surface area (Å²) in [5.41, 5.74) is 3.05. The van der Waals surface area contributed by atoms with E-state index < -0.39 is 0 Å². The van der Waals surface area contributed by atoms with Crippen LogP contribution in [0.2, 0.25) is 0 Å². The van der Waals surface area contributed by atoms with Crippen molar-refractivity contribution in [3.63, 3.8) is 0 Å². The highest BCUT2D eigenvalue weighted by Crippen LogP contribution is 2.30. The van der Waals surface area contributed by atoms with Crippen LogP contribution in [0.15, 0.2) is 54.7 Å². The van der Waals surface area contributed by atoms with Crippen LogP contribution >= 0.6 is 0 Å². The van der Waals surface area contributed by atoms with Gasteiger partial charge in [-0.1, -0.05) is 24.3 Å². The minimum absolute atomic E-state index is 0.139. The first-order chi connectivity index (χ1) is 16.6. The van der Waals surface area contributed by atoms with Crippen molar-refractivity contribution in [1.29, 1.82) is 0 Å². The summed E-state index contributed by atoms with van der Waals surface area (Å²) >= 11 is 0. The number of para-hydroxylation sites is 1. The van der Waals surface area contributed by atoms with Gasteiger partial charge in [-0.15, -0.1) is 0 Å². The first-order valence-electron chi connectivity index (χ1n) is 12.5. The number of amides is 1. The molecular weight excluding hydrogens is 429 g/mol. The molecule has 5 rings (SSSR count). The second-order valence-electron chi connectivity index (χ2n) is 9.78. The lowest BCUT2D eigenvalue weighted by Gasteiger charge is -2.33. The van der Waals surface area contributed by atoms with Crippen LogP contribution in [0.4, 0.5) is 4.39 Å². The molecule has 0 radical (unpaired) electrons. The normalized spacial score (nSPS) is 19.8. The number of hydrogen-bond acceptors (Lipinski definition) is 3. The molecule has 3 aromatic rings. The number of hydrogen-bond donors (Lipinski definition) is 0. The molecule has 1 aromatic heterocycles. The van der Waals surface area contributed by atoms with Gasteiger partial charge >= 0.3 is 0 Å². The van der Waals surface area contributed by atoms with E-state index in [1.165, 1.54) is 5.56 Å².